The molecule has 1 aromatic heterocycles. The zero-order valence-corrected chi connectivity index (χ0v) is 21.9. The van der Waals surface area contributed by atoms with Gasteiger partial charge in [0.1, 0.15) is 17.1 Å². The molecule has 1 saturated heterocycles. The number of nitrogens with one attached hydrogen (secondary N) is 1. The van der Waals surface area contributed by atoms with E-state index in [1.54, 1.807) is 19.5 Å². The van der Waals surface area contributed by atoms with E-state index in [1.165, 1.54) is 0 Å². The number of aliphatic hydroxyl groups excluding tert-OH is 1. The summed E-state index contributed by atoms with van der Waals surface area (Å²) >= 11 is 3.56. The van der Waals surface area contributed by atoms with Crippen LogP contribution < -0.4 is 14.8 Å². The van der Waals surface area contributed by atoms with Gasteiger partial charge < -0.3 is 29.7 Å². The van der Waals surface area contributed by atoms with E-state index in [4.69, 9.17) is 19.3 Å². The lowest BCUT2D eigenvalue weighted by Crippen LogP contribution is -2.54. The molecule has 3 N–H and O–H groups in total. The van der Waals surface area contributed by atoms with Crippen molar-refractivity contribution in [2.24, 2.45) is 5.92 Å². The molecule has 0 spiro atoms. The first-order valence-corrected chi connectivity index (χ1v) is 12.9. The van der Waals surface area contributed by atoms with Gasteiger partial charge in [-0.3, -0.25) is 4.98 Å². The Bertz CT molecular complexity index is 1190. The monoisotopic (exact) mass is 554 g/mol. The Labute approximate surface area is 219 Å². The third kappa shape index (κ3) is 3.74. The topological polar surface area (TPSA) is 93.1 Å². The maximum absolute atomic E-state index is 12.9. The smallest absolute Gasteiger partial charge is 0.174 e. The third-order valence-electron chi connectivity index (χ3n) is 7.68. The predicted molar refractivity (Wildman–Crippen MR) is 139 cm³/mol. The molecular weight excluding hydrogens is 524 g/mol. The van der Waals surface area contributed by atoms with Crippen molar-refractivity contribution in [1.82, 2.24) is 10.3 Å². The molecular formula is C28H31BrN2O5. The Morgan fingerprint density at radius 1 is 1.08 bits per heavy atom. The van der Waals surface area contributed by atoms with Gasteiger partial charge in [0, 0.05) is 30.0 Å². The first-order valence-electron chi connectivity index (χ1n) is 12.1. The van der Waals surface area contributed by atoms with Crippen LogP contribution in [0.15, 0.2) is 71.5 Å². The van der Waals surface area contributed by atoms with Crippen molar-refractivity contribution >= 4 is 15.9 Å². The first kappa shape index (κ1) is 25.2. The standard InChI is InChI=1S/C27H27BrN2O4.CH4O/c1-32-23-13-29-14-24-25(23)26(31)19(12-30-21-15-33-16-21)11-22(17-5-3-2-4-6-17)27(26,34-24)18-7-9-20(28)10-8-18;1-2/h2-10,13-14,19,21-22,30-31H,11-12,15-16H2,1H3;2H,1H3. The highest BCUT2D eigenvalue weighted by molar-refractivity contribution is 9.10. The fourth-order valence-corrected chi connectivity index (χ4v) is 6.32. The number of pyridine rings is 1. The van der Waals surface area contributed by atoms with Crippen molar-refractivity contribution in [3.63, 3.8) is 0 Å². The average molecular weight is 555 g/mol. The minimum Gasteiger partial charge on any atom is -0.495 e. The van der Waals surface area contributed by atoms with Gasteiger partial charge in [0.25, 0.3) is 0 Å². The number of hydrogen-bond acceptors (Lipinski definition) is 7. The molecule has 3 aliphatic rings. The maximum Gasteiger partial charge on any atom is 0.174 e. The third-order valence-corrected chi connectivity index (χ3v) is 8.21. The number of aliphatic hydroxyl groups is 2. The Morgan fingerprint density at radius 3 is 2.44 bits per heavy atom. The van der Waals surface area contributed by atoms with Crippen LogP contribution in [0.3, 0.4) is 0 Å². The molecule has 2 fully saturated rings. The van der Waals surface area contributed by atoms with Crippen LogP contribution in [0.4, 0.5) is 0 Å². The van der Waals surface area contributed by atoms with Crippen LogP contribution in [0, 0.1) is 5.92 Å². The molecule has 36 heavy (non-hydrogen) atoms. The Hall–Kier alpha value is -2.49. The van der Waals surface area contributed by atoms with Crippen LogP contribution in [-0.4, -0.2) is 55.2 Å². The Kier molecular flexibility index (Phi) is 7.07. The lowest BCUT2D eigenvalue weighted by atomic mass is 9.70. The van der Waals surface area contributed by atoms with Gasteiger partial charge in [0.15, 0.2) is 5.60 Å². The van der Waals surface area contributed by atoms with Crippen LogP contribution in [-0.2, 0) is 15.9 Å². The molecule has 6 rings (SSSR count). The summed E-state index contributed by atoms with van der Waals surface area (Å²) in [5.74, 6) is 0.910. The van der Waals surface area contributed by atoms with Gasteiger partial charge in [-0.25, -0.2) is 0 Å². The molecule has 1 aliphatic carbocycles. The fourth-order valence-electron chi connectivity index (χ4n) is 6.06. The Morgan fingerprint density at radius 2 is 1.81 bits per heavy atom. The molecule has 7 nitrogen and oxygen atoms in total. The van der Waals surface area contributed by atoms with Crippen molar-refractivity contribution in [2.75, 3.05) is 34.0 Å². The van der Waals surface area contributed by atoms with E-state index in [1.807, 2.05) is 42.5 Å². The lowest BCUT2D eigenvalue weighted by Gasteiger charge is -2.42. The number of rotatable bonds is 6. The van der Waals surface area contributed by atoms with E-state index in [0.29, 0.717) is 42.9 Å². The molecule has 3 heterocycles. The largest absolute Gasteiger partial charge is 0.495 e. The number of ether oxygens (including phenoxy) is 3. The second-order valence-corrected chi connectivity index (χ2v) is 10.3. The summed E-state index contributed by atoms with van der Waals surface area (Å²) in [4.78, 5) is 4.34. The SMILES string of the molecule is CO.COc1cncc2c1C1(O)C(CNC3COC3)CC(c3ccccc3)C1(c1ccc(Br)cc1)O2. The van der Waals surface area contributed by atoms with E-state index in [2.05, 4.69) is 38.4 Å². The van der Waals surface area contributed by atoms with Crippen molar-refractivity contribution in [2.45, 2.75) is 29.6 Å². The molecule has 4 unspecified atom stereocenters. The van der Waals surface area contributed by atoms with Gasteiger partial charge in [-0.05, 0) is 29.7 Å². The zero-order chi connectivity index (χ0) is 25.3. The Balaban J connectivity index is 0.00000130. The lowest BCUT2D eigenvalue weighted by molar-refractivity contribution is -0.129. The zero-order valence-electron chi connectivity index (χ0n) is 20.4. The molecule has 2 aromatic carbocycles. The summed E-state index contributed by atoms with van der Waals surface area (Å²) in [6.07, 6.45) is 4.11. The highest BCUT2D eigenvalue weighted by atomic mass is 79.9. The van der Waals surface area contributed by atoms with Gasteiger partial charge in [-0.2, -0.15) is 0 Å². The number of halogens is 1. The van der Waals surface area contributed by atoms with E-state index >= 15 is 0 Å². The van der Waals surface area contributed by atoms with Gasteiger partial charge >= 0.3 is 0 Å². The predicted octanol–water partition coefficient (Wildman–Crippen LogP) is 3.73. The maximum atomic E-state index is 12.9. The molecule has 8 heteroatoms. The molecule has 4 atom stereocenters. The number of hydrogen-bond donors (Lipinski definition) is 3. The molecule has 0 bridgehead atoms. The number of methoxy groups -OCH3 is 1. The van der Waals surface area contributed by atoms with E-state index in [-0.39, 0.29) is 11.8 Å². The van der Waals surface area contributed by atoms with Crippen LogP contribution in [0.1, 0.15) is 29.0 Å². The molecule has 190 valence electrons. The molecule has 0 amide bonds. The molecule has 3 aromatic rings. The fraction of sp³-hybridized carbons (Fsp3) is 0.393. The molecule has 2 aliphatic heterocycles. The summed E-state index contributed by atoms with van der Waals surface area (Å²) < 4.78 is 18.9. The van der Waals surface area contributed by atoms with Gasteiger partial charge in [-0.15, -0.1) is 0 Å². The van der Waals surface area contributed by atoms with E-state index in [9.17, 15) is 5.11 Å². The number of aromatic nitrogens is 1. The van der Waals surface area contributed by atoms with Crippen molar-refractivity contribution in [3.8, 4) is 11.5 Å². The van der Waals surface area contributed by atoms with Crippen LogP contribution in [0.25, 0.3) is 0 Å². The van der Waals surface area contributed by atoms with Crippen molar-refractivity contribution in [3.05, 3.63) is 88.2 Å². The minimum atomic E-state index is -1.33. The normalized spacial score (nSPS) is 28.2. The van der Waals surface area contributed by atoms with Crippen LogP contribution in [0.2, 0.25) is 0 Å². The minimum absolute atomic E-state index is 0.0820. The van der Waals surface area contributed by atoms with Crippen molar-refractivity contribution < 1.29 is 24.4 Å². The van der Waals surface area contributed by atoms with Gasteiger partial charge in [0.05, 0.1) is 44.3 Å². The van der Waals surface area contributed by atoms with Crippen LogP contribution >= 0.6 is 15.9 Å². The summed E-state index contributed by atoms with van der Waals surface area (Å²) in [6.45, 7) is 2.04. The van der Waals surface area contributed by atoms with Crippen LogP contribution in [0.5, 0.6) is 11.5 Å². The summed E-state index contributed by atoms with van der Waals surface area (Å²) in [7, 11) is 2.61. The second kappa shape index (κ2) is 10.1. The van der Waals surface area contributed by atoms with E-state index in [0.717, 1.165) is 29.1 Å². The number of fused-ring (bicyclic) bond motifs is 3. The molecule has 0 radical (unpaired) electrons. The molecule has 1 saturated carbocycles. The quantitative estimate of drug-likeness (QED) is 0.427. The van der Waals surface area contributed by atoms with Gasteiger partial charge in [-0.1, -0.05) is 58.4 Å². The van der Waals surface area contributed by atoms with Gasteiger partial charge in [0.2, 0.25) is 0 Å². The highest BCUT2D eigenvalue weighted by Gasteiger charge is 2.73. The summed E-state index contributed by atoms with van der Waals surface area (Å²) in [6, 6.07) is 18.8. The summed E-state index contributed by atoms with van der Waals surface area (Å²) in [5, 5.41) is 23.6. The average Bonchev–Trinajstić information content (AvgIpc) is 3.30. The highest BCUT2D eigenvalue weighted by Crippen LogP contribution is 2.69. The number of benzene rings is 2. The first-order chi connectivity index (χ1) is 17.6. The second-order valence-electron chi connectivity index (χ2n) is 9.36. The van der Waals surface area contributed by atoms with E-state index < -0.39 is 11.2 Å². The summed E-state index contributed by atoms with van der Waals surface area (Å²) in [5.41, 5.74) is 0.388. The number of nitrogens with zero attached hydrogens (tertiary/aromatic N) is 1. The van der Waals surface area contributed by atoms with Crippen molar-refractivity contribution in [1.29, 1.82) is 0 Å².